The van der Waals surface area contributed by atoms with Crippen LogP contribution < -0.4 is 5.43 Å². The van der Waals surface area contributed by atoms with Gasteiger partial charge in [-0.25, -0.2) is 0 Å². The topological polar surface area (TPSA) is 36.8 Å². The van der Waals surface area contributed by atoms with Crippen molar-refractivity contribution in [1.82, 2.24) is 5.43 Å². The third-order valence-corrected chi connectivity index (χ3v) is 2.57. The monoisotopic (exact) mass is 227 g/mol. The molecular weight excluding hydrogens is 210 g/mol. The smallest absolute Gasteiger partial charge is 0.0497 e. The van der Waals surface area contributed by atoms with E-state index >= 15 is 0 Å². The highest BCUT2D eigenvalue weighted by Crippen LogP contribution is 2.19. The number of nitrogens with one attached hydrogen (secondary N) is 1. The molecule has 0 atom stereocenters. The van der Waals surface area contributed by atoms with Gasteiger partial charge in [-0.1, -0.05) is 11.6 Å². The number of rotatable bonds is 5. The minimum absolute atomic E-state index is 0.695. The van der Waals surface area contributed by atoms with Crippen LogP contribution in [0, 0.1) is 0 Å². The Morgan fingerprint density at radius 2 is 2.00 bits per heavy atom. The van der Waals surface area contributed by atoms with E-state index in [1.54, 1.807) is 6.20 Å². The maximum Gasteiger partial charge on any atom is 0.0497 e. The van der Waals surface area contributed by atoms with Crippen LogP contribution >= 0.6 is 11.6 Å². The average molecular weight is 228 g/mol. The molecule has 0 saturated carbocycles. The van der Waals surface area contributed by atoms with Crippen LogP contribution in [0.25, 0.3) is 0 Å². The highest BCUT2D eigenvalue weighted by molar-refractivity contribution is 6.34. The second kappa shape index (κ2) is 7.23. The fourth-order valence-electron chi connectivity index (χ4n) is 1.02. The summed E-state index contributed by atoms with van der Waals surface area (Å²) in [5.41, 5.74) is 5.50. The number of halogens is 1. The van der Waals surface area contributed by atoms with Gasteiger partial charge in [0.2, 0.25) is 0 Å². The van der Waals surface area contributed by atoms with Crippen molar-refractivity contribution in [2.75, 3.05) is 6.54 Å². The molecule has 15 heavy (non-hydrogen) atoms. The molecule has 84 valence electrons. The van der Waals surface area contributed by atoms with E-state index in [0.717, 1.165) is 23.4 Å². The summed E-state index contributed by atoms with van der Waals surface area (Å²) in [6.45, 7) is 11.9. The Kier molecular flexibility index (Phi) is 6.71. The number of hydrogen-bond acceptors (Lipinski definition) is 3. The molecule has 0 amide bonds. The minimum Gasteiger partial charge on any atom is -0.290 e. The van der Waals surface area contributed by atoms with Gasteiger partial charge in [-0.3, -0.25) is 10.4 Å². The molecule has 0 aliphatic carbocycles. The van der Waals surface area contributed by atoms with Gasteiger partial charge in [0.1, 0.15) is 0 Å². The van der Waals surface area contributed by atoms with E-state index in [1.165, 1.54) is 0 Å². The quantitative estimate of drug-likeness (QED) is 0.437. The molecule has 0 bridgehead atoms. The Bertz CT molecular complexity index is 314. The maximum atomic E-state index is 6.18. The van der Waals surface area contributed by atoms with Gasteiger partial charge in [0, 0.05) is 30.2 Å². The summed E-state index contributed by atoms with van der Waals surface area (Å²) in [6, 6.07) is 0. The van der Waals surface area contributed by atoms with Gasteiger partial charge in [-0.05, 0) is 38.8 Å². The van der Waals surface area contributed by atoms with Crippen molar-refractivity contribution in [2.24, 2.45) is 10.1 Å². The summed E-state index contributed by atoms with van der Waals surface area (Å²) < 4.78 is 0. The summed E-state index contributed by atoms with van der Waals surface area (Å²) in [5, 5.41) is 4.21. The molecular formula is C11H18ClN3. The van der Waals surface area contributed by atoms with Gasteiger partial charge in [-0.15, -0.1) is 0 Å². The fourth-order valence-corrected chi connectivity index (χ4v) is 1.21. The lowest BCUT2D eigenvalue weighted by molar-refractivity contribution is 0.968. The molecule has 0 spiro atoms. The lowest BCUT2D eigenvalue weighted by Gasteiger charge is -2.06. The Labute approximate surface area is 96.6 Å². The van der Waals surface area contributed by atoms with E-state index in [-0.39, 0.29) is 0 Å². The minimum atomic E-state index is 0.695. The van der Waals surface area contributed by atoms with Crippen molar-refractivity contribution in [1.29, 1.82) is 0 Å². The Hall–Kier alpha value is -1.09. The van der Waals surface area contributed by atoms with Crippen molar-refractivity contribution in [2.45, 2.75) is 27.7 Å². The van der Waals surface area contributed by atoms with E-state index in [4.69, 9.17) is 11.6 Å². The number of aliphatic imine (C=N–C) groups is 1. The molecule has 0 aromatic rings. The molecule has 4 heteroatoms. The van der Waals surface area contributed by atoms with E-state index in [9.17, 15) is 0 Å². The molecule has 0 saturated heterocycles. The Morgan fingerprint density at radius 3 is 2.47 bits per heavy atom. The second-order valence-corrected chi connectivity index (χ2v) is 3.49. The molecule has 1 N–H and O–H groups in total. The van der Waals surface area contributed by atoms with E-state index in [0.29, 0.717) is 5.03 Å². The van der Waals surface area contributed by atoms with E-state index in [1.807, 2.05) is 27.7 Å². The molecule has 0 rings (SSSR count). The van der Waals surface area contributed by atoms with Crippen molar-refractivity contribution < 1.29 is 0 Å². The summed E-state index contributed by atoms with van der Waals surface area (Å²) in [7, 11) is 0. The van der Waals surface area contributed by atoms with Gasteiger partial charge in [0.05, 0.1) is 0 Å². The van der Waals surface area contributed by atoms with Crippen molar-refractivity contribution in [3.05, 3.63) is 22.4 Å². The number of allylic oxidation sites excluding steroid dienone is 3. The fraction of sp³-hybridized carbons (Fsp3) is 0.455. The van der Waals surface area contributed by atoms with Crippen LogP contribution in [-0.4, -0.2) is 19.0 Å². The summed E-state index contributed by atoms with van der Waals surface area (Å²) >= 11 is 6.18. The number of nitrogens with zero attached hydrogens (tertiary/aromatic N) is 2. The first-order valence-corrected chi connectivity index (χ1v) is 5.18. The molecule has 3 nitrogen and oxygen atoms in total. The highest BCUT2D eigenvalue weighted by atomic mass is 35.5. The van der Waals surface area contributed by atoms with E-state index in [2.05, 4.69) is 22.2 Å². The van der Waals surface area contributed by atoms with Crippen molar-refractivity contribution >= 4 is 24.0 Å². The lowest BCUT2D eigenvalue weighted by Crippen LogP contribution is -2.00. The predicted molar refractivity (Wildman–Crippen MR) is 68.6 cm³/mol. The number of hydrazone groups is 1. The first kappa shape index (κ1) is 13.9. The predicted octanol–water partition coefficient (Wildman–Crippen LogP) is 3.09. The first-order chi connectivity index (χ1) is 7.04. The molecule has 0 aliphatic rings. The van der Waals surface area contributed by atoms with Crippen LogP contribution in [0.1, 0.15) is 27.7 Å². The third-order valence-electron chi connectivity index (χ3n) is 1.99. The third kappa shape index (κ3) is 4.79. The zero-order chi connectivity index (χ0) is 11.8. The van der Waals surface area contributed by atoms with Gasteiger partial charge < -0.3 is 0 Å². The number of hydrogen-bond donors (Lipinski definition) is 1. The van der Waals surface area contributed by atoms with Gasteiger partial charge in [0.25, 0.3) is 0 Å². The van der Waals surface area contributed by atoms with Crippen LogP contribution in [0.15, 0.2) is 32.5 Å². The summed E-state index contributed by atoms with van der Waals surface area (Å²) in [4.78, 5) is 4.30. The highest BCUT2D eigenvalue weighted by Gasteiger charge is 2.04. The van der Waals surface area contributed by atoms with E-state index < -0.39 is 0 Å². The lowest BCUT2D eigenvalue weighted by atomic mass is 10.1. The van der Waals surface area contributed by atoms with Crippen molar-refractivity contribution in [3.8, 4) is 0 Å². The Morgan fingerprint density at radius 1 is 1.40 bits per heavy atom. The van der Waals surface area contributed by atoms with Crippen LogP contribution in [0.4, 0.5) is 0 Å². The SMILES string of the molecule is C=NN\C=C(C)/C(Cl)=C(C)\C(C)=N\CC. The van der Waals surface area contributed by atoms with Crippen LogP contribution in [0.3, 0.4) is 0 Å². The summed E-state index contributed by atoms with van der Waals surface area (Å²) in [5.74, 6) is 0. The zero-order valence-electron chi connectivity index (χ0n) is 9.76. The largest absolute Gasteiger partial charge is 0.290 e. The maximum absolute atomic E-state index is 6.18. The molecule has 0 radical (unpaired) electrons. The second-order valence-electron chi connectivity index (χ2n) is 3.11. The molecule has 0 aliphatic heterocycles. The van der Waals surface area contributed by atoms with Crippen LogP contribution in [0.5, 0.6) is 0 Å². The Balaban J connectivity index is 4.92. The molecule has 0 heterocycles. The van der Waals surface area contributed by atoms with Crippen LogP contribution in [0.2, 0.25) is 0 Å². The molecule has 0 aromatic carbocycles. The molecule has 0 fully saturated rings. The van der Waals surface area contributed by atoms with Gasteiger partial charge >= 0.3 is 0 Å². The van der Waals surface area contributed by atoms with Crippen molar-refractivity contribution in [3.63, 3.8) is 0 Å². The van der Waals surface area contributed by atoms with Crippen LogP contribution in [-0.2, 0) is 0 Å². The summed E-state index contributed by atoms with van der Waals surface area (Å²) in [6.07, 6.45) is 1.71. The average Bonchev–Trinajstić information content (AvgIpc) is 2.24. The molecule has 0 aromatic heterocycles. The zero-order valence-corrected chi connectivity index (χ0v) is 10.5. The molecule has 0 unspecified atom stereocenters. The van der Waals surface area contributed by atoms with Gasteiger partial charge in [-0.2, -0.15) is 5.10 Å². The standard InChI is InChI=1S/C11H18ClN3/c1-6-14-10(4)9(3)11(12)8(2)7-15-13-5/h7,15H,5-6H2,1-4H3/b8-7-,11-9+,14-10+. The first-order valence-electron chi connectivity index (χ1n) is 4.80. The van der Waals surface area contributed by atoms with Gasteiger partial charge in [0.15, 0.2) is 0 Å². The normalized spacial score (nSPS) is 14.7.